The number of nitrogens with two attached hydrogens (primary N) is 1. The molecule has 0 unspecified atom stereocenters. The molecule has 0 spiro atoms. The van der Waals surface area contributed by atoms with Gasteiger partial charge in [-0.2, -0.15) is 0 Å². The molecule has 2 aliphatic heterocycles. The molecule has 25 heteroatoms. The number of ether oxygens (including phenoxy) is 2. The van der Waals surface area contributed by atoms with Crippen molar-refractivity contribution in [1.82, 2.24) is 58.8 Å². The van der Waals surface area contributed by atoms with E-state index < -0.39 is 34.5 Å². The maximum Gasteiger partial charge on any atom is 0.410 e. The van der Waals surface area contributed by atoms with Gasteiger partial charge in [0.1, 0.15) is 56.9 Å². The van der Waals surface area contributed by atoms with Crippen molar-refractivity contribution in [3.05, 3.63) is 114 Å². The summed E-state index contributed by atoms with van der Waals surface area (Å²) in [5.74, 6) is 0.0849. The maximum absolute atomic E-state index is 15.0. The van der Waals surface area contributed by atoms with Gasteiger partial charge in [-0.25, -0.2) is 67.0 Å². The molecule has 440 valence electrons. The monoisotopic (exact) mass is 1160 g/mol. The molecule has 0 bridgehead atoms. The van der Waals surface area contributed by atoms with Gasteiger partial charge in [-0.05, 0) is 143 Å². The van der Waals surface area contributed by atoms with Gasteiger partial charge in [0.15, 0.2) is 23.3 Å². The van der Waals surface area contributed by atoms with Crippen LogP contribution in [0.5, 0.6) is 0 Å². The summed E-state index contributed by atoms with van der Waals surface area (Å²) < 4.78 is 72.8. The summed E-state index contributed by atoms with van der Waals surface area (Å²) in [5, 5.41) is 2.91. The second-order valence-corrected chi connectivity index (χ2v) is 22.8. The predicted octanol–water partition coefficient (Wildman–Crippen LogP) is 11.9. The topological polar surface area (TPSA) is 217 Å². The van der Waals surface area contributed by atoms with Crippen molar-refractivity contribution in [2.24, 2.45) is 0 Å². The first kappa shape index (κ1) is 60.7. The van der Waals surface area contributed by atoms with Crippen LogP contribution in [0.4, 0.5) is 56.1 Å². The van der Waals surface area contributed by atoms with Gasteiger partial charge in [0.25, 0.3) is 0 Å². The normalized spacial score (nSPS) is 14.0. The first-order chi connectivity index (χ1) is 39.1. The molecule has 2 aromatic carbocycles. The third-order valence-corrected chi connectivity index (χ3v) is 13.4. The van der Waals surface area contributed by atoms with Gasteiger partial charge in [-0.15, -0.1) is 0 Å². The number of rotatable bonds is 8. The molecule has 3 N–H and O–H groups in total. The van der Waals surface area contributed by atoms with Crippen LogP contribution in [-0.2, 0) is 9.47 Å². The summed E-state index contributed by atoms with van der Waals surface area (Å²) in [4.78, 5) is 65.0. The molecule has 0 radical (unpaired) electrons. The van der Waals surface area contributed by atoms with Gasteiger partial charge in [0, 0.05) is 75.6 Å². The molecule has 2 amide bonds. The first-order valence-electron chi connectivity index (χ1n) is 27.1. The molecule has 2 aliphatic rings. The molecule has 83 heavy (non-hydrogen) atoms. The molecule has 0 atom stereocenters. The fourth-order valence-electron chi connectivity index (χ4n) is 9.59. The van der Waals surface area contributed by atoms with Crippen LogP contribution in [0.1, 0.15) is 93.0 Å². The zero-order chi connectivity index (χ0) is 60.2. The minimum atomic E-state index is -0.671. The molecule has 6 aromatic heterocycles. The minimum absolute atomic E-state index is 0.0306. The summed E-state index contributed by atoms with van der Waals surface area (Å²) in [6.07, 6.45) is 4.95. The number of imidazole rings is 2. The molecule has 8 heterocycles. The van der Waals surface area contributed by atoms with E-state index in [1.165, 1.54) is 12.1 Å². The Hall–Kier alpha value is -8.41. The molecular formula is C58H69ClF4N16O4. The van der Waals surface area contributed by atoms with E-state index in [-0.39, 0.29) is 63.5 Å². The number of amides is 2. The van der Waals surface area contributed by atoms with Gasteiger partial charge in [-0.3, -0.25) is 0 Å². The van der Waals surface area contributed by atoms with Crippen molar-refractivity contribution < 1.29 is 36.6 Å². The molecule has 2 fully saturated rings. The maximum atomic E-state index is 15.0. The third-order valence-electron chi connectivity index (χ3n) is 13.2. The molecule has 0 saturated carbocycles. The number of anilines is 5. The van der Waals surface area contributed by atoms with Crippen molar-refractivity contribution >= 4 is 74.8 Å². The number of carbonyl (C=O) groups is 2. The summed E-state index contributed by atoms with van der Waals surface area (Å²) in [5.41, 5.74) is 8.72. The highest BCUT2D eigenvalue weighted by molar-refractivity contribution is 6.28. The van der Waals surface area contributed by atoms with Gasteiger partial charge in [-0.1, -0.05) is 0 Å². The van der Waals surface area contributed by atoms with Gasteiger partial charge in [0.2, 0.25) is 11.2 Å². The highest BCUT2D eigenvalue weighted by Gasteiger charge is 2.28. The summed E-state index contributed by atoms with van der Waals surface area (Å²) >= 11 is 5.71. The van der Waals surface area contributed by atoms with Gasteiger partial charge < -0.3 is 49.3 Å². The fraction of sp³-hybridized carbons (Fsp3) is 0.414. The third kappa shape index (κ3) is 14.8. The van der Waals surface area contributed by atoms with Crippen molar-refractivity contribution in [3.63, 3.8) is 0 Å². The van der Waals surface area contributed by atoms with Gasteiger partial charge >= 0.3 is 12.2 Å². The van der Waals surface area contributed by atoms with Crippen molar-refractivity contribution in [2.75, 3.05) is 73.2 Å². The Bertz CT molecular complexity index is 3610. The number of aryl methyl sites for hydroxylation is 2. The number of piperazine rings is 2. The number of nitrogens with zero attached hydrogens (tertiary/aromatic N) is 14. The van der Waals surface area contributed by atoms with Gasteiger partial charge in [0.05, 0.1) is 47.2 Å². The molecule has 20 nitrogen and oxygen atoms in total. The van der Waals surface area contributed by atoms with Crippen LogP contribution in [-0.4, -0.2) is 135 Å². The number of nitrogen functional groups attached to an aromatic ring is 1. The quantitative estimate of drug-likeness (QED) is 0.107. The number of hydrogen-bond acceptors (Lipinski definition) is 16. The number of aromatic nitrogens is 10. The Labute approximate surface area is 484 Å². The van der Waals surface area contributed by atoms with Crippen LogP contribution in [0.3, 0.4) is 0 Å². The van der Waals surface area contributed by atoms with E-state index in [1.807, 2.05) is 97.4 Å². The fourth-order valence-corrected chi connectivity index (χ4v) is 9.72. The summed E-state index contributed by atoms with van der Waals surface area (Å²) in [7, 11) is 0. The van der Waals surface area contributed by atoms with E-state index in [4.69, 9.17) is 26.8 Å². The number of benzene rings is 2. The largest absolute Gasteiger partial charge is 0.444 e. The highest BCUT2D eigenvalue weighted by atomic mass is 35.5. The molecule has 0 aliphatic carbocycles. The number of fused-ring (bicyclic) bond motifs is 2. The predicted molar refractivity (Wildman–Crippen MR) is 313 cm³/mol. The van der Waals surface area contributed by atoms with E-state index in [9.17, 15) is 27.2 Å². The molecular weight excluding hydrogens is 1100 g/mol. The number of halogens is 5. The number of nitrogens with one attached hydrogen (secondary N) is 1. The zero-order valence-electron chi connectivity index (χ0n) is 48.6. The first-order valence-corrected chi connectivity index (χ1v) is 27.5. The Morgan fingerprint density at radius 2 is 1.00 bits per heavy atom. The number of pyridine rings is 2. The minimum Gasteiger partial charge on any atom is -0.444 e. The van der Waals surface area contributed by atoms with E-state index in [2.05, 4.69) is 55.0 Å². The van der Waals surface area contributed by atoms with E-state index >= 15 is 0 Å². The van der Waals surface area contributed by atoms with Crippen LogP contribution in [0, 0.1) is 37.1 Å². The molecule has 8 aromatic rings. The van der Waals surface area contributed by atoms with Crippen molar-refractivity contribution in [3.8, 4) is 22.5 Å². The Kier molecular flexibility index (Phi) is 18.3. The van der Waals surface area contributed by atoms with Crippen LogP contribution in [0.2, 0.25) is 5.28 Å². The average Bonchev–Trinajstić information content (AvgIpc) is 2.68. The lowest BCUT2D eigenvalue weighted by molar-refractivity contribution is 0.0230. The number of carbonyl (C=O) groups excluding carboxylic acids is 2. The van der Waals surface area contributed by atoms with Crippen LogP contribution in [0.15, 0.2) is 73.3 Å². The second kappa shape index (κ2) is 25.0. The molecule has 2 saturated heterocycles. The van der Waals surface area contributed by atoms with Crippen molar-refractivity contribution in [2.45, 2.75) is 106 Å². The lowest BCUT2D eigenvalue weighted by Gasteiger charge is -2.36. The van der Waals surface area contributed by atoms with Crippen LogP contribution in [0.25, 0.3) is 44.6 Å². The average molecular weight is 1170 g/mol. The lowest BCUT2D eigenvalue weighted by Crippen LogP contribution is -2.50. The van der Waals surface area contributed by atoms with E-state index in [0.29, 0.717) is 79.1 Å². The second-order valence-electron chi connectivity index (χ2n) is 22.5. The summed E-state index contributed by atoms with van der Waals surface area (Å²) in [6.45, 7) is 27.9. The Morgan fingerprint density at radius 1 is 0.566 bits per heavy atom. The molecule has 10 rings (SSSR count). The Balaban J connectivity index is 0.000000180. The highest BCUT2D eigenvalue weighted by Crippen LogP contribution is 2.33. The standard InChI is InChI=1S/C29H34F2N8O2.C15H13ClF2N4.C14H22N4O2/c1-17(2)39-18(3)34-26-21(30)13-19(14-23(26)39)25-22(31)16-33-27(36-25)35-24-8-7-20(15-32-24)37-9-11-38(12-10-37)28(40)41-29(4,5)6;1-7(2)22-8(3)20-14-10(17)4-9(5-12(14)22)13-11(18)6-19-15(16)21-13;1-14(2,3)20-13(19)18-8-6-17(7-9-18)11-4-5-12(15)16-10-11/h7-8,13-17H,9-12H2,1-6H3,(H,32,33,35,36);4-7H,1-3H3;4-5,10H,6-9H2,1-3H3,(H2,15,16). The SMILES string of the molecule is CC(C)(C)OC(=O)N1CCN(c2ccc(N)nc2)CC1.Cc1nc2c(F)cc(-c3nc(Cl)ncc3F)cc2n1C(C)C.Cc1nc2c(F)cc(-c3nc(Nc4ccc(N5CCN(C(=O)OC(C)(C)C)CC5)cn4)ncc3F)cc2n1C(C)C. The van der Waals surface area contributed by atoms with Crippen LogP contribution < -0.4 is 20.9 Å². The van der Waals surface area contributed by atoms with Crippen molar-refractivity contribution in [1.29, 1.82) is 0 Å². The Morgan fingerprint density at radius 3 is 1.41 bits per heavy atom. The van der Waals surface area contributed by atoms with E-state index in [1.54, 1.807) is 53.4 Å². The van der Waals surface area contributed by atoms with Crippen LogP contribution >= 0.6 is 11.6 Å². The van der Waals surface area contributed by atoms with E-state index in [0.717, 1.165) is 36.9 Å². The smallest absolute Gasteiger partial charge is 0.410 e. The summed E-state index contributed by atoms with van der Waals surface area (Å²) in [6, 6.07) is 13.4. The lowest BCUT2D eigenvalue weighted by atomic mass is 10.1. The number of hydrogen-bond donors (Lipinski definition) is 2. The zero-order valence-corrected chi connectivity index (χ0v) is 49.4.